The summed E-state index contributed by atoms with van der Waals surface area (Å²) in [5.41, 5.74) is 1.12. The first-order valence-corrected chi connectivity index (χ1v) is 10.6. The molecule has 8 nitrogen and oxygen atoms in total. The molecule has 0 saturated heterocycles. The van der Waals surface area contributed by atoms with Crippen LogP contribution in [0.4, 0.5) is 5.13 Å². The molecule has 2 N–H and O–H groups in total. The number of hydrogen-bond acceptors (Lipinski definition) is 6. The quantitative estimate of drug-likeness (QED) is 0.531. The molecule has 0 aliphatic carbocycles. The summed E-state index contributed by atoms with van der Waals surface area (Å²) >= 11 is 1.25. The average molecular weight is 433 g/mol. The molecule has 3 amide bonds. The van der Waals surface area contributed by atoms with E-state index < -0.39 is 0 Å². The van der Waals surface area contributed by atoms with Gasteiger partial charge in [0.15, 0.2) is 5.13 Å². The van der Waals surface area contributed by atoms with Gasteiger partial charge in [-0.25, -0.2) is 4.98 Å². The number of thiazole rings is 1. The molecular weight excluding hydrogens is 404 g/mol. The van der Waals surface area contributed by atoms with Crippen molar-refractivity contribution in [1.82, 2.24) is 15.2 Å². The van der Waals surface area contributed by atoms with Crippen LogP contribution in [0.3, 0.4) is 0 Å². The number of amides is 3. The van der Waals surface area contributed by atoms with Crippen LogP contribution in [-0.4, -0.2) is 60.5 Å². The summed E-state index contributed by atoms with van der Waals surface area (Å²) in [5.74, 6) is -0.669. The Morgan fingerprint density at radius 1 is 1.17 bits per heavy atom. The van der Waals surface area contributed by atoms with Gasteiger partial charge >= 0.3 is 0 Å². The van der Waals surface area contributed by atoms with Crippen molar-refractivity contribution < 1.29 is 19.1 Å². The van der Waals surface area contributed by atoms with Crippen molar-refractivity contribution >= 4 is 34.2 Å². The van der Waals surface area contributed by atoms with Gasteiger partial charge in [-0.1, -0.05) is 18.2 Å². The van der Waals surface area contributed by atoms with Gasteiger partial charge in [-0.3, -0.25) is 14.4 Å². The fourth-order valence-corrected chi connectivity index (χ4v) is 3.39. The van der Waals surface area contributed by atoms with Crippen LogP contribution < -0.4 is 10.6 Å². The van der Waals surface area contributed by atoms with E-state index in [0.717, 1.165) is 6.42 Å². The Bertz CT molecular complexity index is 839. The molecule has 2 aromatic rings. The first-order chi connectivity index (χ1) is 14.4. The van der Waals surface area contributed by atoms with E-state index in [1.807, 2.05) is 19.9 Å². The molecule has 0 fully saturated rings. The van der Waals surface area contributed by atoms with Gasteiger partial charge in [0.05, 0.1) is 12.1 Å². The molecule has 0 saturated carbocycles. The van der Waals surface area contributed by atoms with Gasteiger partial charge in [0.2, 0.25) is 11.8 Å². The monoisotopic (exact) mass is 432 g/mol. The summed E-state index contributed by atoms with van der Waals surface area (Å²) in [5, 5.41) is 7.65. The summed E-state index contributed by atoms with van der Waals surface area (Å²) in [7, 11) is 1.62. The lowest BCUT2D eigenvalue weighted by molar-refractivity contribution is -0.120. The van der Waals surface area contributed by atoms with Crippen LogP contribution in [0.5, 0.6) is 0 Å². The Hall–Kier alpha value is -2.78. The van der Waals surface area contributed by atoms with Crippen LogP contribution in [0.1, 0.15) is 36.3 Å². The summed E-state index contributed by atoms with van der Waals surface area (Å²) in [6, 6.07) is 8.72. The molecule has 1 heterocycles. The highest BCUT2D eigenvalue weighted by Gasteiger charge is 2.22. The standard InChI is InChI=1S/C21H28N4O4S/c1-15(2)25(20(28)16-8-5-4-6-9-16)13-19(27)24-21-23-17(14-30-21)12-18(26)22-10-7-11-29-3/h4-6,8-9,14-15H,7,10-13H2,1-3H3,(H,22,26)(H,23,24,27). The number of hydrogen-bond donors (Lipinski definition) is 2. The van der Waals surface area contributed by atoms with Crippen molar-refractivity contribution in [3.63, 3.8) is 0 Å². The van der Waals surface area contributed by atoms with E-state index in [-0.39, 0.29) is 36.7 Å². The molecule has 0 bridgehead atoms. The van der Waals surface area contributed by atoms with Crippen molar-refractivity contribution in [3.05, 3.63) is 47.0 Å². The summed E-state index contributed by atoms with van der Waals surface area (Å²) < 4.78 is 4.94. The summed E-state index contributed by atoms with van der Waals surface area (Å²) in [6.45, 7) is 4.77. The number of ether oxygens (including phenoxy) is 1. The van der Waals surface area contributed by atoms with Gasteiger partial charge in [0.25, 0.3) is 5.91 Å². The van der Waals surface area contributed by atoms with Crippen LogP contribution in [0.15, 0.2) is 35.7 Å². The topological polar surface area (TPSA) is 101 Å². The maximum absolute atomic E-state index is 12.7. The molecular formula is C21H28N4O4S. The molecule has 9 heteroatoms. The fraction of sp³-hybridized carbons (Fsp3) is 0.429. The number of carbonyl (C=O) groups is 3. The first kappa shape index (κ1) is 23.5. The third-order valence-electron chi connectivity index (χ3n) is 4.21. The van der Waals surface area contributed by atoms with Crippen LogP contribution in [0, 0.1) is 0 Å². The van der Waals surface area contributed by atoms with Gasteiger partial charge < -0.3 is 20.3 Å². The highest BCUT2D eigenvalue weighted by Crippen LogP contribution is 2.16. The van der Waals surface area contributed by atoms with Crippen molar-refractivity contribution in [2.75, 3.05) is 32.1 Å². The number of benzene rings is 1. The van der Waals surface area contributed by atoms with E-state index in [9.17, 15) is 14.4 Å². The van der Waals surface area contributed by atoms with E-state index >= 15 is 0 Å². The minimum Gasteiger partial charge on any atom is -0.385 e. The highest BCUT2D eigenvalue weighted by atomic mass is 32.1. The predicted octanol–water partition coefficient (Wildman–Crippen LogP) is 2.33. The Morgan fingerprint density at radius 2 is 1.90 bits per heavy atom. The third kappa shape index (κ3) is 7.57. The van der Waals surface area contributed by atoms with Crippen LogP contribution in [0.2, 0.25) is 0 Å². The molecule has 30 heavy (non-hydrogen) atoms. The Labute approximate surface area is 180 Å². The Kier molecular flexibility index (Phi) is 9.43. The number of nitrogens with one attached hydrogen (secondary N) is 2. The molecule has 0 aliphatic heterocycles. The molecule has 0 aliphatic rings. The first-order valence-electron chi connectivity index (χ1n) is 9.76. The van der Waals surface area contributed by atoms with Crippen molar-refractivity contribution in [1.29, 1.82) is 0 Å². The number of methoxy groups -OCH3 is 1. The lowest BCUT2D eigenvalue weighted by atomic mass is 10.1. The van der Waals surface area contributed by atoms with Gasteiger partial charge in [-0.15, -0.1) is 11.3 Å². The van der Waals surface area contributed by atoms with E-state index in [1.54, 1.807) is 36.8 Å². The van der Waals surface area contributed by atoms with Crippen molar-refractivity contribution in [3.8, 4) is 0 Å². The van der Waals surface area contributed by atoms with Crippen molar-refractivity contribution in [2.24, 2.45) is 0 Å². The maximum atomic E-state index is 12.7. The number of anilines is 1. The highest BCUT2D eigenvalue weighted by molar-refractivity contribution is 7.13. The van der Waals surface area contributed by atoms with Crippen LogP contribution in [-0.2, 0) is 20.7 Å². The minimum atomic E-state index is -0.335. The smallest absolute Gasteiger partial charge is 0.254 e. The molecule has 0 radical (unpaired) electrons. The summed E-state index contributed by atoms with van der Waals surface area (Å²) in [6.07, 6.45) is 0.888. The lowest BCUT2D eigenvalue weighted by Gasteiger charge is -2.26. The largest absolute Gasteiger partial charge is 0.385 e. The number of nitrogens with zero attached hydrogens (tertiary/aromatic N) is 2. The van der Waals surface area contributed by atoms with E-state index in [0.29, 0.717) is 29.5 Å². The molecule has 0 unspecified atom stereocenters. The normalized spacial score (nSPS) is 10.7. The lowest BCUT2D eigenvalue weighted by Crippen LogP contribution is -2.42. The van der Waals surface area contributed by atoms with Gasteiger partial charge in [-0.2, -0.15) is 0 Å². The van der Waals surface area contributed by atoms with Crippen LogP contribution >= 0.6 is 11.3 Å². The van der Waals surface area contributed by atoms with Crippen LogP contribution in [0.25, 0.3) is 0 Å². The minimum absolute atomic E-state index is 0.0830. The Morgan fingerprint density at radius 3 is 2.57 bits per heavy atom. The molecule has 0 spiro atoms. The zero-order valence-corrected chi connectivity index (χ0v) is 18.3. The SMILES string of the molecule is COCCCNC(=O)Cc1csc(NC(=O)CN(C(=O)c2ccccc2)C(C)C)n1. The zero-order chi connectivity index (χ0) is 21.9. The van der Waals surface area contributed by atoms with E-state index in [1.165, 1.54) is 16.2 Å². The second-order valence-electron chi connectivity index (χ2n) is 6.96. The summed E-state index contributed by atoms with van der Waals surface area (Å²) in [4.78, 5) is 42.9. The zero-order valence-electron chi connectivity index (χ0n) is 17.5. The van der Waals surface area contributed by atoms with Gasteiger partial charge in [0, 0.05) is 37.2 Å². The molecule has 1 aromatic carbocycles. The Balaban J connectivity index is 1.88. The number of rotatable bonds is 11. The second kappa shape index (κ2) is 12.0. The number of aromatic nitrogens is 1. The molecule has 162 valence electrons. The molecule has 2 rings (SSSR count). The van der Waals surface area contributed by atoms with E-state index in [4.69, 9.17) is 4.74 Å². The van der Waals surface area contributed by atoms with Gasteiger partial charge in [0.1, 0.15) is 6.54 Å². The predicted molar refractivity (Wildman–Crippen MR) is 117 cm³/mol. The second-order valence-corrected chi connectivity index (χ2v) is 7.82. The molecule has 0 atom stereocenters. The number of carbonyl (C=O) groups excluding carboxylic acids is 3. The van der Waals surface area contributed by atoms with Crippen molar-refractivity contribution in [2.45, 2.75) is 32.7 Å². The van der Waals surface area contributed by atoms with E-state index in [2.05, 4.69) is 15.6 Å². The fourth-order valence-electron chi connectivity index (χ4n) is 2.67. The third-order valence-corrected chi connectivity index (χ3v) is 5.01. The van der Waals surface area contributed by atoms with Gasteiger partial charge in [-0.05, 0) is 32.4 Å². The average Bonchev–Trinajstić information content (AvgIpc) is 3.15. The maximum Gasteiger partial charge on any atom is 0.254 e. The molecule has 1 aromatic heterocycles.